The third kappa shape index (κ3) is 5.25. The van der Waals surface area contributed by atoms with Crippen LogP contribution in [0.5, 0.6) is 5.75 Å². The Morgan fingerprint density at radius 1 is 0.952 bits per heavy atom. The molecule has 2 aromatic heterocycles. The van der Waals surface area contributed by atoms with Crippen molar-refractivity contribution in [3.8, 4) is 11.4 Å². The molecule has 0 amide bonds. The maximum absolute atomic E-state index is 7.04. The Kier molecular flexibility index (Phi) is 7.90. The molecule has 0 aliphatic carbocycles. The highest BCUT2D eigenvalue weighted by molar-refractivity contribution is 7.80. The molecule has 2 saturated heterocycles. The molecule has 0 spiro atoms. The van der Waals surface area contributed by atoms with E-state index in [1.54, 1.807) is 7.11 Å². The van der Waals surface area contributed by atoms with Crippen molar-refractivity contribution in [3.63, 3.8) is 0 Å². The fourth-order valence-electron chi connectivity index (χ4n) is 6.93. The van der Waals surface area contributed by atoms with Gasteiger partial charge in [-0.25, -0.2) is 0 Å². The number of hydrogen-bond donors (Lipinski definition) is 1. The van der Waals surface area contributed by atoms with Gasteiger partial charge in [0.15, 0.2) is 5.11 Å². The monoisotopic (exact) mass is 599 g/mol. The second-order valence-corrected chi connectivity index (χ2v) is 12.6. The number of rotatable bonds is 6. The molecule has 6 nitrogen and oxygen atoms in total. The highest BCUT2D eigenvalue weighted by atomic mass is 35.5. The molecule has 4 atom stereocenters. The molecule has 0 saturated carbocycles. The summed E-state index contributed by atoms with van der Waals surface area (Å²) in [6.07, 6.45) is 3.10. The molecule has 8 heteroatoms. The molecule has 42 heavy (non-hydrogen) atoms. The van der Waals surface area contributed by atoms with Gasteiger partial charge in [0.1, 0.15) is 5.75 Å². The van der Waals surface area contributed by atoms with Crippen LogP contribution in [-0.4, -0.2) is 34.9 Å². The van der Waals surface area contributed by atoms with Crippen LogP contribution in [0.3, 0.4) is 0 Å². The van der Waals surface area contributed by atoms with E-state index in [4.69, 9.17) is 33.5 Å². The molecule has 4 heterocycles. The van der Waals surface area contributed by atoms with Gasteiger partial charge in [-0.1, -0.05) is 31.5 Å². The van der Waals surface area contributed by atoms with Crippen molar-refractivity contribution in [2.75, 3.05) is 30.0 Å². The number of ether oxygens (including phenoxy) is 1. The van der Waals surface area contributed by atoms with Gasteiger partial charge >= 0.3 is 0 Å². The van der Waals surface area contributed by atoms with Crippen LogP contribution in [0.1, 0.15) is 55.0 Å². The number of methoxy groups -OCH3 is 1. The topological polar surface area (TPSA) is 45.6 Å². The summed E-state index contributed by atoms with van der Waals surface area (Å²) in [5.74, 6) is 2.12. The van der Waals surface area contributed by atoms with E-state index < -0.39 is 0 Å². The molecule has 218 valence electrons. The summed E-state index contributed by atoms with van der Waals surface area (Å²) in [5, 5.41) is 5.01. The Balaban J connectivity index is 1.43. The zero-order valence-corrected chi connectivity index (χ0v) is 26.4. The van der Waals surface area contributed by atoms with E-state index in [0.29, 0.717) is 16.9 Å². The Bertz CT molecular complexity index is 1580. The summed E-state index contributed by atoms with van der Waals surface area (Å²) in [6.45, 7) is 11.0. The largest absolute Gasteiger partial charge is 0.497 e. The molecule has 2 aliphatic rings. The summed E-state index contributed by atoms with van der Waals surface area (Å²) in [5.41, 5.74) is 7.57. The van der Waals surface area contributed by atoms with Gasteiger partial charge in [0.25, 0.3) is 0 Å². The lowest BCUT2D eigenvalue weighted by Crippen LogP contribution is -2.38. The third-order valence-corrected chi connectivity index (χ3v) is 9.25. The molecule has 4 aromatic rings. The lowest BCUT2D eigenvalue weighted by molar-refractivity contribution is 0.357. The van der Waals surface area contributed by atoms with Gasteiger partial charge < -0.3 is 24.4 Å². The van der Waals surface area contributed by atoms with Crippen molar-refractivity contribution in [1.82, 2.24) is 14.9 Å². The summed E-state index contributed by atoms with van der Waals surface area (Å²) in [7, 11) is 1.69. The number of benzene rings is 2. The van der Waals surface area contributed by atoms with Crippen LogP contribution >= 0.6 is 23.8 Å². The lowest BCUT2D eigenvalue weighted by atomic mass is 9.91. The number of halogens is 1. The van der Waals surface area contributed by atoms with Crippen LogP contribution in [0.25, 0.3) is 5.69 Å². The molecule has 1 N–H and O–H groups in total. The first kappa shape index (κ1) is 28.6. The van der Waals surface area contributed by atoms with Gasteiger partial charge in [-0.15, -0.1) is 0 Å². The zero-order chi connectivity index (χ0) is 29.5. The number of nitrogens with zero attached hydrogens (tertiary/aromatic N) is 4. The second-order valence-electron chi connectivity index (χ2n) is 11.8. The number of nitrogens with one attached hydrogen (secondary N) is 1. The maximum Gasteiger partial charge on any atom is 0.174 e. The quantitative estimate of drug-likeness (QED) is 0.228. The molecule has 2 aliphatic heterocycles. The van der Waals surface area contributed by atoms with Gasteiger partial charge in [0.05, 0.1) is 35.6 Å². The van der Waals surface area contributed by atoms with Gasteiger partial charge in [-0.3, -0.25) is 4.98 Å². The van der Waals surface area contributed by atoms with Crippen molar-refractivity contribution < 1.29 is 4.74 Å². The average Bonchev–Trinajstić information content (AvgIpc) is 3.47. The highest BCUT2D eigenvalue weighted by Gasteiger charge is 2.42. The van der Waals surface area contributed by atoms with Gasteiger partial charge in [0.2, 0.25) is 0 Å². The minimum atomic E-state index is -0.134. The molecule has 0 bridgehead atoms. The molecular weight excluding hydrogens is 562 g/mol. The van der Waals surface area contributed by atoms with E-state index in [2.05, 4.69) is 89.8 Å². The highest BCUT2D eigenvalue weighted by Crippen LogP contribution is 2.45. The molecular formula is C34H38ClN5OS. The molecule has 2 fully saturated rings. The lowest BCUT2D eigenvalue weighted by Gasteiger charge is -2.37. The van der Waals surface area contributed by atoms with Crippen molar-refractivity contribution in [2.45, 2.75) is 46.2 Å². The van der Waals surface area contributed by atoms with Crippen molar-refractivity contribution in [2.24, 2.45) is 11.8 Å². The number of aromatic nitrogens is 2. The van der Waals surface area contributed by atoms with Crippen LogP contribution < -0.4 is 19.9 Å². The van der Waals surface area contributed by atoms with E-state index >= 15 is 0 Å². The minimum Gasteiger partial charge on any atom is -0.497 e. The Labute approximate surface area is 259 Å². The average molecular weight is 600 g/mol. The predicted octanol–water partition coefficient (Wildman–Crippen LogP) is 7.81. The fraction of sp³-hybridized carbons (Fsp3) is 0.353. The van der Waals surface area contributed by atoms with E-state index in [1.165, 1.54) is 12.0 Å². The first-order chi connectivity index (χ1) is 20.2. The van der Waals surface area contributed by atoms with Gasteiger partial charge in [-0.05, 0) is 111 Å². The van der Waals surface area contributed by atoms with Gasteiger partial charge in [-0.2, -0.15) is 0 Å². The molecule has 0 radical (unpaired) electrons. The van der Waals surface area contributed by atoms with Crippen molar-refractivity contribution in [1.29, 1.82) is 0 Å². The number of pyridine rings is 1. The number of hydrogen-bond acceptors (Lipinski definition) is 4. The minimum absolute atomic E-state index is 0.123. The van der Waals surface area contributed by atoms with Crippen LogP contribution in [0.2, 0.25) is 5.02 Å². The first-order valence-electron chi connectivity index (χ1n) is 14.6. The Morgan fingerprint density at radius 2 is 1.67 bits per heavy atom. The number of anilines is 2. The molecule has 0 unspecified atom stereocenters. The predicted molar refractivity (Wildman–Crippen MR) is 176 cm³/mol. The summed E-state index contributed by atoms with van der Waals surface area (Å²) in [4.78, 5) is 9.39. The number of thiocarbonyl (C=S) groups is 1. The van der Waals surface area contributed by atoms with Crippen molar-refractivity contribution >= 4 is 40.3 Å². The van der Waals surface area contributed by atoms with Gasteiger partial charge in [0, 0.05) is 42.0 Å². The smallest absolute Gasteiger partial charge is 0.174 e. The summed E-state index contributed by atoms with van der Waals surface area (Å²) in [6, 6.07) is 22.6. The summed E-state index contributed by atoms with van der Waals surface area (Å²) < 4.78 is 7.69. The van der Waals surface area contributed by atoms with Crippen LogP contribution in [0.15, 0.2) is 72.9 Å². The van der Waals surface area contributed by atoms with E-state index in [1.807, 2.05) is 30.5 Å². The van der Waals surface area contributed by atoms with E-state index in [9.17, 15) is 0 Å². The second kappa shape index (κ2) is 11.6. The number of aryl methyl sites for hydroxylation is 1. The first-order valence-corrected chi connectivity index (χ1v) is 15.4. The standard InChI is InChI=1S/C34H38ClN5OS/c1-21-16-22(2)20-38(19-21)31-14-11-26(18-29(31)35)40-33(32(37-34(40)42)30-8-6-7-15-36-30)28-17-23(3)39(24(28)4)25-9-12-27(41-5)13-10-25/h6-15,17-18,21-22,32-33H,16,19-20H2,1-5H3,(H,37,42)/t21-,22+,32-,33+/m1/s1. The molecule has 6 rings (SSSR count). The molecule has 2 aromatic carbocycles. The summed E-state index contributed by atoms with van der Waals surface area (Å²) >= 11 is 13.1. The van der Waals surface area contributed by atoms with E-state index in [-0.39, 0.29) is 12.1 Å². The van der Waals surface area contributed by atoms with Crippen LogP contribution in [0, 0.1) is 25.7 Å². The normalized spacial score (nSPS) is 22.4. The number of piperidine rings is 1. The SMILES string of the molecule is COc1ccc(-n2c(C)cc([C@H]3[C@@H](c4ccccn4)NC(=S)N3c3ccc(N4C[C@H](C)C[C@H](C)C4)c(Cl)c3)c2C)cc1. The van der Waals surface area contributed by atoms with Crippen molar-refractivity contribution in [3.05, 3.63) is 101 Å². The third-order valence-electron chi connectivity index (χ3n) is 8.64. The van der Waals surface area contributed by atoms with Crippen LogP contribution in [0.4, 0.5) is 11.4 Å². The zero-order valence-electron chi connectivity index (χ0n) is 24.8. The Hall–Kier alpha value is -3.55. The Morgan fingerprint density at radius 3 is 2.31 bits per heavy atom. The maximum atomic E-state index is 7.04. The van der Waals surface area contributed by atoms with Crippen LogP contribution in [-0.2, 0) is 0 Å². The fourth-order valence-corrected chi connectivity index (χ4v) is 7.57. The van der Waals surface area contributed by atoms with E-state index in [0.717, 1.165) is 58.0 Å².